The van der Waals surface area contributed by atoms with Gasteiger partial charge < -0.3 is 9.80 Å². The summed E-state index contributed by atoms with van der Waals surface area (Å²) in [6, 6.07) is 12.6. The molecule has 2 aromatic rings. The lowest BCUT2D eigenvalue weighted by Gasteiger charge is -2.38. The molecule has 0 aromatic heterocycles. The molecule has 0 spiro atoms. The van der Waals surface area contributed by atoms with Crippen LogP contribution in [0.4, 0.5) is 10.1 Å². The van der Waals surface area contributed by atoms with Crippen molar-refractivity contribution in [3.8, 4) is 0 Å². The van der Waals surface area contributed by atoms with Crippen LogP contribution in [0.15, 0.2) is 42.5 Å². The van der Waals surface area contributed by atoms with Crippen LogP contribution in [0.2, 0.25) is 5.02 Å². The molecule has 176 valence electrons. The molecule has 0 N–H and O–H groups in total. The van der Waals surface area contributed by atoms with Gasteiger partial charge in [-0.05, 0) is 42.8 Å². The minimum Gasteiger partial charge on any atom is -0.367 e. The number of hydrogen-bond acceptors (Lipinski definition) is 5. The molecule has 2 aliphatic rings. The summed E-state index contributed by atoms with van der Waals surface area (Å²) in [5, 5.41) is 0.742. The first kappa shape index (κ1) is 23.7. The summed E-state index contributed by atoms with van der Waals surface area (Å²) in [5.41, 5.74) is 2.13. The first-order valence-electron chi connectivity index (χ1n) is 11.4. The second-order valence-corrected chi connectivity index (χ2v) is 9.21. The third kappa shape index (κ3) is 6.10. The normalized spacial score (nSPS) is 17.9. The molecule has 2 saturated heterocycles. The lowest BCUT2D eigenvalue weighted by atomic mass is 10.1. The average molecular weight is 473 g/mol. The number of rotatable bonds is 6. The first-order valence-corrected chi connectivity index (χ1v) is 11.8. The molecule has 2 aliphatic heterocycles. The molecule has 0 unspecified atom stereocenters. The van der Waals surface area contributed by atoms with Gasteiger partial charge in [0.2, 0.25) is 5.91 Å². The fourth-order valence-corrected chi connectivity index (χ4v) is 4.55. The third-order valence-electron chi connectivity index (χ3n) is 6.47. The van der Waals surface area contributed by atoms with Crippen molar-refractivity contribution in [2.75, 3.05) is 63.8 Å². The Morgan fingerprint density at radius 3 is 2.12 bits per heavy atom. The van der Waals surface area contributed by atoms with E-state index >= 15 is 0 Å². The third-order valence-corrected chi connectivity index (χ3v) is 6.72. The second-order valence-electron chi connectivity index (χ2n) is 8.77. The average Bonchev–Trinajstić information content (AvgIpc) is 2.81. The van der Waals surface area contributed by atoms with Gasteiger partial charge in [-0.25, -0.2) is 4.39 Å². The number of carbonyl (C=O) groups excluding carboxylic acids is 2. The highest BCUT2D eigenvalue weighted by molar-refractivity contribution is 6.30. The molecule has 0 atom stereocenters. The van der Waals surface area contributed by atoms with E-state index in [4.69, 9.17) is 11.6 Å². The van der Waals surface area contributed by atoms with Crippen molar-refractivity contribution in [2.45, 2.75) is 13.5 Å². The minimum atomic E-state index is -0.372. The van der Waals surface area contributed by atoms with Crippen LogP contribution < -0.4 is 4.90 Å². The van der Waals surface area contributed by atoms with E-state index < -0.39 is 0 Å². The van der Waals surface area contributed by atoms with E-state index in [2.05, 4.69) is 9.80 Å². The summed E-state index contributed by atoms with van der Waals surface area (Å²) in [6.45, 7) is 8.60. The van der Waals surface area contributed by atoms with Gasteiger partial charge in [0.1, 0.15) is 5.82 Å². The van der Waals surface area contributed by atoms with Crippen LogP contribution in [-0.4, -0.2) is 85.3 Å². The van der Waals surface area contributed by atoms with E-state index in [9.17, 15) is 14.0 Å². The Morgan fingerprint density at radius 2 is 1.52 bits per heavy atom. The molecule has 2 aromatic carbocycles. The zero-order valence-electron chi connectivity index (χ0n) is 19.0. The predicted octanol–water partition coefficient (Wildman–Crippen LogP) is 3.15. The van der Waals surface area contributed by atoms with Gasteiger partial charge in [-0.1, -0.05) is 23.7 Å². The molecular formula is C25H30ClFN4O2. The fourth-order valence-electron chi connectivity index (χ4n) is 4.42. The van der Waals surface area contributed by atoms with Crippen molar-refractivity contribution in [1.29, 1.82) is 0 Å². The van der Waals surface area contributed by atoms with Crippen molar-refractivity contribution in [3.63, 3.8) is 0 Å². The smallest absolute Gasteiger partial charge is 0.236 e. The summed E-state index contributed by atoms with van der Waals surface area (Å²) in [6.07, 6.45) is 0. The summed E-state index contributed by atoms with van der Waals surface area (Å²) >= 11 is 5.96. The van der Waals surface area contributed by atoms with E-state index in [0.717, 1.165) is 37.7 Å². The molecule has 2 heterocycles. The van der Waals surface area contributed by atoms with Gasteiger partial charge in [-0.2, -0.15) is 0 Å². The topological polar surface area (TPSA) is 47.1 Å². The number of halogens is 2. The number of Topliss-reactive ketones (excluding diaryl/α,β-unsaturated/α-hetero) is 1. The number of amides is 1. The molecule has 0 aliphatic carbocycles. The first-order chi connectivity index (χ1) is 15.9. The van der Waals surface area contributed by atoms with Gasteiger partial charge in [-0.3, -0.25) is 19.4 Å². The Bertz CT molecular complexity index is 984. The lowest BCUT2D eigenvalue weighted by Crippen LogP contribution is -2.53. The maximum Gasteiger partial charge on any atom is 0.236 e. The Labute approximate surface area is 199 Å². The zero-order chi connectivity index (χ0) is 23.4. The van der Waals surface area contributed by atoms with Crippen LogP contribution in [0.25, 0.3) is 0 Å². The maximum absolute atomic E-state index is 14.5. The van der Waals surface area contributed by atoms with Gasteiger partial charge in [-0.15, -0.1) is 0 Å². The summed E-state index contributed by atoms with van der Waals surface area (Å²) in [4.78, 5) is 32.7. The van der Waals surface area contributed by atoms with Crippen LogP contribution in [0.5, 0.6) is 0 Å². The Kier molecular flexibility index (Phi) is 7.63. The van der Waals surface area contributed by atoms with Gasteiger partial charge in [0.15, 0.2) is 5.78 Å². The number of piperazine rings is 2. The number of ketones is 1. The second kappa shape index (κ2) is 10.6. The highest BCUT2D eigenvalue weighted by atomic mass is 35.5. The van der Waals surface area contributed by atoms with Gasteiger partial charge in [0, 0.05) is 69.5 Å². The van der Waals surface area contributed by atoms with E-state index in [-0.39, 0.29) is 17.5 Å². The molecule has 33 heavy (non-hydrogen) atoms. The van der Waals surface area contributed by atoms with Gasteiger partial charge in [0.25, 0.3) is 0 Å². The van der Waals surface area contributed by atoms with Gasteiger partial charge in [0.05, 0.1) is 12.2 Å². The van der Waals surface area contributed by atoms with Crippen molar-refractivity contribution in [3.05, 3.63) is 64.4 Å². The summed E-state index contributed by atoms with van der Waals surface area (Å²) < 4.78 is 14.5. The van der Waals surface area contributed by atoms with Crippen molar-refractivity contribution in [2.24, 2.45) is 0 Å². The van der Waals surface area contributed by atoms with Crippen molar-refractivity contribution >= 4 is 29.0 Å². The highest BCUT2D eigenvalue weighted by Gasteiger charge is 2.25. The number of hydrogen-bond donors (Lipinski definition) is 0. The Hall–Kier alpha value is -2.48. The highest BCUT2D eigenvalue weighted by Crippen LogP contribution is 2.22. The van der Waals surface area contributed by atoms with E-state index in [0.29, 0.717) is 44.0 Å². The lowest BCUT2D eigenvalue weighted by molar-refractivity contribution is -0.134. The molecule has 0 radical (unpaired) electrons. The number of anilines is 1. The van der Waals surface area contributed by atoms with Crippen molar-refractivity contribution < 1.29 is 14.0 Å². The van der Waals surface area contributed by atoms with Crippen LogP contribution in [-0.2, 0) is 11.3 Å². The predicted molar refractivity (Wildman–Crippen MR) is 128 cm³/mol. The number of carbonyl (C=O) groups is 2. The summed E-state index contributed by atoms with van der Waals surface area (Å²) in [7, 11) is 0. The standard InChI is InChI=1S/C25H30ClFN4O2/c1-19(32)21-4-7-24(23(27)16-21)30-12-8-29(9-13-30)18-25(33)31-14-10-28(11-15-31)17-20-2-5-22(26)6-3-20/h2-7,16H,8-15,17-18H2,1H3. The van der Waals surface area contributed by atoms with E-state index in [1.54, 1.807) is 12.1 Å². The molecule has 6 nitrogen and oxygen atoms in total. The molecule has 0 saturated carbocycles. The molecule has 0 bridgehead atoms. The largest absolute Gasteiger partial charge is 0.367 e. The van der Waals surface area contributed by atoms with E-state index in [1.807, 2.05) is 34.1 Å². The molecule has 8 heteroatoms. The van der Waals surface area contributed by atoms with Crippen LogP contribution in [0.1, 0.15) is 22.8 Å². The molecule has 2 fully saturated rings. The SMILES string of the molecule is CC(=O)c1ccc(N2CCN(CC(=O)N3CCN(Cc4ccc(Cl)cc4)CC3)CC2)c(F)c1. The number of benzene rings is 2. The quantitative estimate of drug-likeness (QED) is 0.604. The molecule has 1 amide bonds. The van der Waals surface area contributed by atoms with E-state index in [1.165, 1.54) is 18.6 Å². The fraction of sp³-hybridized carbons (Fsp3) is 0.440. The molecule has 4 rings (SSSR count). The molecular weight excluding hydrogens is 443 g/mol. The van der Waals surface area contributed by atoms with Crippen LogP contribution >= 0.6 is 11.6 Å². The van der Waals surface area contributed by atoms with Crippen LogP contribution in [0, 0.1) is 5.82 Å². The maximum atomic E-state index is 14.5. The van der Waals surface area contributed by atoms with Crippen LogP contribution in [0.3, 0.4) is 0 Å². The Balaban J connectivity index is 1.21. The number of nitrogens with zero attached hydrogens (tertiary/aromatic N) is 4. The van der Waals surface area contributed by atoms with Gasteiger partial charge >= 0.3 is 0 Å². The monoisotopic (exact) mass is 472 g/mol. The zero-order valence-corrected chi connectivity index (χ0v) is 19.7. The van der Waals surface area contributed by atoms with Crippen molar-refractivity contribution in [1.82, 2.24) is 14.7 Å². The minimum absolute atomic E-state index is 0.144. The summed E-state index contributed by atoms with van der Waals surface area (Å²) in [5.74, 6) is -0.357. The Morgan fingerprint density at radius 1 is 0.879 bits per heavy atom.